The van der Waals surface area contributed by atoms with Crippen LogP contribution in [0.5, 0.6) is 0 Å². The van der Waals surface area contributed by atoms with Crippen LogP contribution in [0.1, 0.15) is 0 Å². The summed E-state index contributed by atoms with van der Waals surface area (Å²) in [6.07, 6.45) is 2.07. The van der Waals surface area contributed by atoms with Gasteiger partial charge < -0.3 is 9.67 Å². The molecule has 70 valence electrons. The molecule has 1 aromatic rings. The fourth-order valence-electron chi connectivity index (χ4n) is 0.807. The van der Waals surface area contributed by atoms with Crippen LogP contribution in [0.25, 0.3) is 0 Å². The predicted octanol–water partition coefficient (Wildman–Crippen LogP) is 0.835. The van der Waals surface area contributed by atoms with Gasteiger partial charge >= 0.3 is 5.97 Å². The maximum absolute atomic E-state index is 12.7. The maximum atomic E-state index is 12.7. The van der Waals surface area contributed by atoms with Crippen molar-refractivity contribution < 1.29 is 14.3 Å². The first kappa shape index (κ1) is 9.91. The van der Waals surface area contributed by atoms with Crippen LogP contribution < -0.4 is 5.43 Å². The van der Waals surface area contributed by atoms with Crippen LogP contribution >= 0.6 is 15.9 Å². The highest BCUT2D eigenvalue weighted by Gasteiger charge is 2.06. The molecule has 0 aliphatic heterocycles. The van der Waals surface area contributed by atoms with Crippen molar-refractivity contribution >= 4 is 21.9 Å². The second-order valence-electron chi connectivity index (χ2n) is 2.35. The average Bonchev–Trinajstić information content (AvgIpc) is 1.98. The molecule has 0 saturated carbocycles. The summed E-state index contributed by atoms with van der Waals surface area (Å²) in [5, 5.41) is 8.38. The minimum absolute atomic E-state index is 0.00810. The van der Waals surface area contributed by atoms with Crippen molar-refractivity contribution in [3.8, 4) is 0 Å². The quantitative estimate of drug-likeness (QED) is 0.845. The third kappa shape index (κ3) is 2.38. The minimum atomic E-state index is -1.10. The molecule has 1 N–H and O–H groups in total. The number of halogens is 2. The lowest BCUT2D eigenvalue weighted by Crippen LogP contribution is -2.15. The van der Waals surface area contributed by atoms with Gasteiger partial charge in [-0.3, -0.25) is 9.59 Å². The number of pyridine rings is 1. The van der Waals surface area contributed by atoms with Crippen LogP contribution in [-0.4, -0.2) is 15.6 Å². The lowest BCUT2D eigenvalue weighted by molar-refractivity contribution is -0.137. The van der Waals surface area contributed by atoms with Gasteiger partial charge in [0.05, 0.1) is 4.47 Å². The van der Waals surface area contributed by atoms with Crippen LogP contribution in [0.3, 0.4) is 0 Å². The lowest BCUT2D eigenvalue weighted by Gasteiger charge is -2.02. The maximum Gasteiger partial charge on any atom is 0.323 e. The number of hydrogen-bond acceptors (Lipinski definition) is 2. The molecule has 0 fully saturated rings. The van der Waals surface area contributed by atoms with E-state index in [1.807, 2.05) is 0 Å². The van der Waals surface area contributed by atoms with Crippen molar-refractivity contribution in [2.45, 2.75) is 6.54 Å². The smallest absolute Gasteiger partial charge is 0.323 e. The van der Waals surface area contributed by atoms with Crippen LogP contribution in [0.2, 0.25) is 0 Å². The van der Waals surface area contributed by atoms with Crippen LogP contribution in [-0.2, 0) is 11.3 Å². The van der Waals surface area contributed by atoms with E-state index in [2.05, 4.69) is 15.9 Å². The molecule has 0 aliphatic carbocycles. The first-order valence-electron chi connectivity index (χ1n) is 3.27. The topological polar surface area (TPSA) is 59.3 Å². The molecule has 0 amide bonds. The van der Waals surface area contributed by atoms with Crippen molar-refractivity contribution in [3.05, 3.63) is 32.9 Å². The molecule has 0 spiro atoms. The van der Waals surface area contributed by atoms with Crippen LogP contribution in [0.4, 0.5) is 4.39 Å². The normalized spacial score (nSPS) is 10.0. The number of carbonyl (C=O) groups is 1. The van der Waals surface area contributed by atoms with E-state index in [0.717, 1.165) is 10.8 Å². The van der Waals surface area contributed by atoms with Gasteiger partial charge in [0, 0.05) is 12.4 Å². The Labute approximate surface area is 80.7 Å². The van der Waals surface area contributed by atoms with Gasteiger partial charge in [-0.2, -0.15) is 0 Å². The highest BCUT2D eigenvalue weighted by Crippen LogP contribution is 2.03. The van der Waals surface area contributed by atoms with Gasteiger partial charge in [0.2, 0.25) is 5.43 Å². The van der Waals surface area contributed by atoms with Gasteiger partial charge in [-0.1, -0.05) is 0 Å². The van der Waals surface area contributed by atoms with Gasteiger partial charge in [0.15, 0.2) is 5.82 Å². The van der Waals surface area contributed by atoms with Crippen molar-refractivity contribution in [3.63, 3.8) is 0 Å². The first-order chi connectivity index (χ1) is 6.00. The van der Waals surface area contributed by atoms with Gasteiger partial charge in [0.25, 0.3) is 0 Å². The summed E-state index contributed by atoms with van der Waals surface area (Å²) in [6.45, 7) is -0.379. The number of aromatic nitrogens is 1. The number of hydrogen-bond donors (Lipinski definition) is 1. The molecule has 6 heteroatoms. The molecule has 1 rings (SSSR count). The zero-order valence-electron chi connectivity index (χ0n) is 6.33. The summed E-state index contributed by atoms with van der Waals surface area (Å²) in [7, 11) is 0. The number of rotatable bonds is 2. The average molecular weight is 250 g/mol. The molecule has 0 radical (unpaired) electrons. The van der Waals surface area contributed by atoms with E-state index in [-0.39, 0.29) is 11.0 Å². The molecule has 13 heavy (non-hydrogen) atoms. The number of nitrogens with zero attached hydrogens (tertiary/aromatic N) is 1. The Morgan fingerprint density at radius 3 is 2.69 bits per heavy atom. The zero-order valence-corrected chi connectivity index (χ0v) is 7.91. The largest absolute Gasteiger partial charge is 0.480 e. The Bertz CT molecular complexity index is 375. The molecular formula is C7H5BrFNO3. The summed E-state index contributed by atoms with van der Waals surface area (Å²) in [5.74, 6) is -2.08. The molecule has 1 aromatic heterocycles. The molecule has 0 saturated heterocycles. The molecule has 0 bridgehead atoms. The van der Waals surface area contributed by atoms with E-state index in [0.29, 0.717) is 0 Å². The number of carboxylic acids is 1. The summed E-state index contributed by atoms with van der Waals surface area (Å²) >= 11 is 2.82. The molecular weight excluding hydrogens is 245 g/mol. The third-order valence-electron chi connectivity index (χ3n) is 1.31. The Morgan fingerprint density at radius 2 is 2.23 bits per heavy atom. The lowest BCUT2D eigenvalue weighted by atomic mass is 10.4. The number of aliphatic carboxylic acids is 1. The van der Waals surface area contributed by atoms with Crippen molar-refractivity contribution in [1.82, 2.24) is 4.57 Å². The highest BCUT2D eigenvalue weighted by molar-refractivity contribution is 9.10. The van der Waals surface area contributed by atoms with Crippen molar-refractivity contribution in [1.29, 1.82) is 0 Å². The van der Waals surface area contributed by atoms with Gasteiger partial charge in [-0.15, -0.1) is 0 Å². The van der Waals surface area contributed by atoms with E-state index in [1.165, 1.54) is 6.20 Å². The Balaban J connectivity index is 3.13. The zero-order chi connectivity index (χ0) is 10.0. The second-order valence-corrected chi connectivity index (χ2v) is 3.20. The fourth-order valence-corrected chi connectivity index (χ4v) is 1.26. The molecule has 1 heterocycles. The van der Waals surface area contributed by atoms with Crippen molar-refractivity contribution in [2.24, 2.45) is 0 Å². The van der Waals surface area contributed by atoms with E-state index < -0.39 is 17.2 Å². The van der Waals surface area contributed by atoms with Crippen LogP contribution in [0.15, 0.2) is 21.7 Å². The van der Waals surface area contributed by atoms with E-state index in [4.69, 9.17) is 5.11 Å². The SMILES string of the molecule is O=C(O)Cn1cc(F)c(=O)c(Br)c1. The minimum Gasteiger partial charge on any atom is -0.480 e. The fraction of sp³-hybridized carbons (Fsp3) is 0.143. The van der Waals surface area contributed by atoms with E-state index in [1.54, 1.807) is 0 Å². The second kappa shape index (κ2) is 3.69. The van der Waals surface area contributed by atoms with Crippen LogP contribution in [0, 0.1) is 5.82 Å². The summed E-state index contributed by atoms with van der Waals surface area (Å²) in [6, 6.07) is 0. The Kier molecular flexibility index (Phi) is 2.82. The van der Waals surface area contributed by atoms with Gasteiger partial charge in [0.1, 0.15) is 6.54 Å². The Morgan fingerprint density at radius 1 is 1.62 bits per heavy atom. The van der Waals surface area contributed by atoms with Gasteiger partial charge in [-0.05, 0) is 15.9 Å². The monoisotopic (exact) mass is 249 g/mol. The number of carboxylic acid groups (broad SMARTS) is 1. The molecule has 0 unspecified atom stereocenters. The highest BCUT2D eigenvalue weighted by atomic mass is 79.9. The standard InChI is InChI=1S/C7H5BrFNO3/c8-4-1-10(3-6(11)12)2-5(9)7(4)13/h1-2H,3H2,(H,11,12). The molecule has 4 nitrogen and oxygen atoms in total. The Hall–Kier alpha value is -1.17. The van der Waals surface area contributed by atoms with E-state index >= 15 is 0 Å². The predicted molar refractivity (Wildman–Crippen MR) is 46.0 cm³/mol. The summed E-state index contributed by atoms with van der Waals surface area (Å²) < 4.78 is 13.8. The van der Waals surface area contributed by atoms with Gasteiger partial charge in [-0.25, -0.2) is 4.39 Å². The molecule has 0 atom stereocenters. The summed E-state index contributed by atoms with van der Waals surface area (Å²) in [4.78, 5) is 21.1. The third-order valence-corrected chi connectivity index (χ3v) is 1.87. The van der Waals surface area contributed by atoms with E-state index in [9.17, 15) is 14.0 Å². The first-order valence-corrected chi connectivity index (χ1v) is 4.07. The summed E-state index contributed by atoms with van der Waals surface area (Å²) in [5.41, 5.74) is -0.776. The molecule has 0 aliphatic rings. The molecule has 0 aromatic carbocycles. The van der Waals surface area contributed by atoms with Crippen molar-refractivity contribution in [2.75, 3.05) is 0 Å².